The Morgan fingerprint density at radius 3 is 2.45 bits per heavy atom. The van der Waals surface area contributed by atoms with Crippen LogP contribution in [0.2, 0.25) is 0 Å². The van der Waals surface area contributed by atoms with Gasteiger partial charge in [-0.2, -0.15) is 11.8 Å². The maximum Gasteiger partial charge on any atom is 0.475 e. The molecule has 1 rings (SSSR count). The lowest BCUT2D eigenvalue weighted by Crippen LogP contribution is -2.56. The number of pyridine rings is 1. The molecule has 0 radical (unpaired) electrons. The van der Waals surface area contributed by atoms with Crippen LogP contribution in [0.15, 0.2) is 24.4 Å². The van der Waals surface area contributed by atoms with Gasteiger partial charge in [-0.15, -0.1) is 0 Å². The van der Waals surface area contributed by atoms with Crippen LogP contribution in [-0.4, -0.2) is 76.5 Å². The van der Waals surface area contributed by atoms with Gasteiger partial charge in [-0.25, -0.2) is 0 Å². The maximum atomic E-state index is 12.7. The van der Waals surface area contributed by atoms with Gasteiger partial charge in [-0.3, -0.25) is 19.4 Å². The van der Waals surface area contributed by atoms with Crippen molar-refractivity contribution in [3.05, 3.63) is 30.1 Å². The molecule has 7 N–H and O–H groups in total. The third-order valence-corrected chi connectivity index (χ3v) is 5.18. The SMILES string of the molecule is CSCC[C@H](NC(=O)[C@H](CCCCN)NC(=O)[C@H](C)NC(=O)c1ccccn1)B(O)O. The number of hydrogen-bond acceptors (Lipinski definition) is 8. The molecule has 0 saturated carbocycles. The summed E-state index contributed by atoms with van der Waals surface area (Å²) >= 11 is 1.52. The number of nitrogens with one attached hydrogen (secondary N) is 3. The van der Waals surface area contributed by atoms with Gasteiger partial charge < -0.3 is 31.7 Å². The fourth-order valence-corrected chi connectivity index (χ4v) is 3.21. The highest BCUT2D eigenvalue weighted by Crippen LogP contribution is 2.06. The van der Waals surface area contributed by atoms with Crippen LogP contribution in [0, 0.1) is 0 Å². The second-order valence-corrected chi connectivity index (χ2v) is 8.05. The topological polar surface area (TPSA) is 167 Å². The second-order valence-electron chi connectivity index (χ2n) is 7.07. The summed E-state index contributed by atoms with van der Waals surface area (Å²) in [6, 6.07) is 3.05. The summed E-state index contributed by atoms with van der Waals surface area (Å²) in [7, 11) is -1.71. The van der Waals surface area contributed by atoms with E-state index in [-0.39, 0.29) is 5.69 Å². The molecule has 1 heterocycles. The average Bonchev–Trinajstić information content (AvgIpc) is 2.76. The predicted molar refractivity (Wildman–Crippen MR) is 121 cm³/mol. The standard InChI is InChI=1S/C19H32BN5O5S/c1-13(23-18(27)14-7-4-6-11-22-14)17(26)24-15(8-3-5-10-21)19(28)25-16(20(29)30)9-12-31-2/h4,6-7,11,13,15-16,29-30H,3,5,8-10,12,21H2,1-2H3,(H,23,27)(H,24,26)(H,25,28)/t13-,15-,16-/m0/s1. The van der Waals surface area contributed by atoms with Crippen molar-refractivity contribution in [3.8, 4) is 0 Å². The van der Waals surface area contributed by atoms with Gasteiger partial charge in [0.1, 0.15) is 17.8 Å². The Morgan fingerprint density at radius 1 is 1.13 bits per heavy atom. The largest absolute Gasteiger partial charge is 0.475 e. The molecule has 1 aromatic rings. The Labute approximate surface area is 187 Å². The number of carbonyl (C=O) groups is 3. The normalized spacial score (nSPS) is 13.6. The molecule has 0 unspecified atom stereocenters. The summed E-state index contributed by atoms with van der Waals surface area (Å²) in [5.41, 5.74) is 5.69. The monoisotopic (exact) mass is 453 g/mol. The van der Waals surface area contributed by atoms with E-state index >= 15 is 0 Å². The van der Waals surface area contributed by atoms with Crippen molar-refractivity contribution in [2.45, 2.75) is 50.6 Å². The first-order chi connectivity index (χ1) is 14.8. The zero-order chi connectivity index (χ0) is 23.2. The molecule has 1 aromatic heterocycles. The van der Waals surface area contributed by atoms with Crippen LogP contribution in [0.4, 0.5) is 0 Å². The Hall–Kier alpha value is -2.15. The molecule has 0 aliphatic rings. The third-order valence-electron chi connectivity index (χ3n) is 4.54. The Balaban J connectivity index is 2.76. The van der Waals surface area contributed by atoms with Crippen molar-refractivity contribution in [3.63, 3.8) is 0 Å². The second kappa shape index (κ2) is 14.8. The van der Waals surface area contributed by atoms with Gasteiger partial charge in [-0.1, -0.05) is 6.07 Å². The van der Waals surface area contributed by atoms with E-state index in [1.165, 1.54) is 30.9 Å². The molecule has 172 valence electrons. The number of hydrogen-bond donors (Lipinski definition) is 6. The van der Waals surface area contributed by atoms with Crippen LogP contribution in [0.25, 0.3) is 0 Å². The lowest BCUT2D eigenvalue weighted by Gasteiger charge is -2.24. The van der Waals surface area contributed by atoms with Crippen LogP contribution in [0.3, 0.4) is 0 Å². The zero-order valence-electron chi connectivity index (χ0n) is 17.9. The highest BCUT2D eigenvalue weighted by Gasteiger charge is 2.30. The number of amides is 3. The zero-order valence-corrected chi connectivity index (χ0v) is 18.7. The van der Waals surface area contributed by atoms with E-state index in [1.807, 2.05) is 6.26 Å². The molecule has 0 aliphatic carbocycles. The van der Waals surface area contributed by atoms with E-state index in [0.717, 1.165) is 0 Å². The first-order valence-corrected chi connectivity index (χ1v) is 11.6. The molecular formula is C19H32BN5O5S. The molecule has 0 bridgehead atoms. The van der Waals surface area contributed by atoms with Crippen molar-refractivity contribution in [1.82, 2.24) is 20.9 Å². The number of carbonyl (C=O) groups excluding carboxylic acids is 3. The number of nitrogens with two attached hydrogens (primary N) is 1. The first-order valence-electron chi connectivity index (χ1n) is 10.2. The molecule has 3 amide bonds. The van der Waals surface area contributed by atoms with Crippen molar-refractivity contribution < 1.29 is 24.4 Å². The fraction of sp³-hybridized carbons (Fsp3) is 0.579. The molecule has 0 fully saturated rings. The Morgan fingerprint density at radius 2 is 1.87 bits per heavy atom. The molecular weight excluding hydrogens is 421 g/mol. The summed E-state index contributed by atoms with van der Waals surface area (Å²) in [6.45, 7) is 1.95. The minimum Gasteiger partial charge on any atom is -0.426 e. The van der Waals surface area contributed by atoms with Crippen LogP contribution >= 0.6 is 11.8 Å². The van der Waals surface area contributed by atoms with Gasteiger partial charge in [0.15, 0.2) is 0 Å². The van der Waals surface area contributed by atoms with Gasteiger partial charge in [-0.05, 0) is 63.3 Å². The lowest BCUT2D eigenvalue weighted by atomic mass is 9.77. The predicted octanol–water partition coefficient (Wildman–Crippen LogP) is -0.936. The highest BCUT2D eigenvalue weighted by molar-refractivity contribution is 7.98. The van der Waals surface area contributed by atoms with Gasteiger partial charge in [0.25, 0.3) is 5.91 Å². The van der Waals surface area contributed by atoms with Gasteiger partial charge in [0.2, 0.25) is 11.8 Å². The Kier molecular flexibility index (Phi) is 12.8. The van der Waals surface area contributed by atoms with Crippen molar-refractivity contribution >= 4 is 36.6 Å². The lowest BCUT2D eigenvalue weighted by molar-refractivity contribution is -0.130. The van der Waals surface area contributed by atoms with E-state index in [2.05, 4.69) is 20.9 Å². The molecule has 0 aromatic carbocycles. The average molecular weight is 453 g/mol. The molecule has 3 atom stereocenters. The van der Waals surface area contributed by atoms with E-state index in [1.54, 1.807) is 12.1 Å². The van der Waals surface area contributed by atoms with Crippen LogP contribution < -0.4 is 21.7 Å². The molecule has 0 saturated heterocycles. The van der Waals surface area contributed by atoms with Crippen molar-refractivity contribution in [2.75, 3.05) is 18.6 Å². The van der Waals surface area contributed by atoms with E-state index < -0.39 is 42.9 Å². The van der Waals surface area contributed by atoms with Crippen LogP contribution in [0.5, 0.6) is 0 Å². The quantitative estimate of drug-likeness (QED) is 0.155. The van der Waals surface area contributed by atoms with Crippen molar-refractivity contribution in [2.24, 2.45) is 5.73 Å². The minimum atomic E-state index is -1.71. The smallest absolute Gasteiger partial charge is 0.426 e. The van der Waals surface area contributed by atoms with E-state index in [4.69, 9.17) is 5.73 Å². The number of thioether (sulfide) groups is 1. The van der Waals surface area contributed by atoms with Gasteiger partial charge in [0, 0.05) is 6.20 Å². The molecule has 0 aliphatic heterocycles. The van der Waals surface area contributed by atoms with Gasteiger partial charge >= 0.3 is 7.12 Å². The molecule has 10 nitrogen and oxygen atoms in total. The summed E-state index contributed by atoms with van der Waals surface area (Å²) in [5, 5.41) is 26.8. The third kappa shape index (κ3) is 10.1. The number of unbranched alkanes of at least 4 members (excludes halogenated alkanes) is 1. The molecule has 31 heavy (non-hydrogen) atoms. The highest BCUT2D eigenvalue weighted by atomic mass is 32.2. The minimum absolute atomic E-state index is 0.174. The summed E-state index contributed by atoms with van der Waals surface area (Å²) in [6.07, 6.45) is 5.31. The number of aromatic nitrogens is 1. The number of rotatable bonds is 14. The van der Waals surface area contributed by atoms with Gasteiger partial charge in [0.05, 0.1) is 5.94 Å². The van der Waals surface area contributed by atoms with Crippen LogP contribution in [0.1, 0.15) is 43.1 Å². The Bertz CT molecular complexity index is 698. The van der Waals surface area contributed by atoms with Crippen LogP contribution in [-0.2, 0) is 9.59 Å². The van der Waals surface area contributed by atoms with Crippen molar-refractivity contribution in [1.29, 1.82) is 0 Å². The maximum absolute atomic E-state index is 12.7. The molecule has 12 heteroatoms. The number of nitrogens with zero attached hydrogens (tertiary/aromatic N) is 1. The molecule has 0 spiro atoms. The summed E-state index contributed by atoms with van der Waals surface area (Å²) in [5.74, 6) is -1.79. The summed E-state index contributed by atoms with van der Waals surface area (Å²) in [4.78, 5) is 41.5. The first kappa shape index (κ1) is 26.9. The van der Waals surface area contributed by atoms with E-state index in [0.29, 0.717) is 38.0 Å². The summed E-state index contributed by atoms with van der Waals surface area (Å²) < 4.78 is 0. The fourth-order valence-electron chi connectivity index (χ4n) is 2.72. The van der Waals surface area contributed by atoms with E-state index in [9.17, 15) is 24.4 Å².